The molecule has 2 heterocycles. The largest absolute Gasteiger partial charge is 0.394 e. The summed E-state index contributed by atoms with van der Waals surface area (Å²) in [6, 6.07) is 8.60. The van der Waals surface area contributed by atoms with Crippen LogP contribution in [0.3, 0.4) is 0 Å². The lowest BCUT2D eigenvalue weighted by Crippen LogP contribution is -2.31. The molecule has 0 unspecified atom stereocenters. The van der Waals surface area contributed by atoms with Crippen molar-refractivity contribution in [3.8, 4) is 5.69 Å². The lowest BCUT2D eigenvalue weighted by molar-refractivity contribution is -0.186. The van der Waals surface area contributed by atoms with E-state index in [0.717, 1.165) is 5.69 Å². The van der Waals surface area contributed by atoms with Crippen LogP contribution in [-0.2, 0) is 12.0 Å². The number of hydrogen-bond donors (Lipinski definition) is 3. The Hall–Kier alpha value is -2.65. The molecule has 1 aliphatic rings. The highest BCUT2D eigenvalue weighted by Crippen LogP contribution is 2.59. The van der Waals surface area contributed by atoms with E-state index < -0.39 is 23.3 Å². The van der Waals surface area contributed by atoms with E-state index in [1.165, 1.54) is 13.1 Å². The molecule has 2 atom stereocenters. The van der Waals surface area contributed by atoms with Crippen molar-refractivity contribution >= 4 is 0 Å². The molecule has 6 nitrogen and oxygen atoms in total. The number of nitrogens with zero attached hydrogens (tertiary/aromatic N) is 3. The van der Waals surface area contributed by atoms with Gasteiger partial charge >= 0.3 is 6.18 Å². The molecule has 3 N–H and O–H groups in total. The Balaban J connectivity index is 1.51. The summed E-state index contributed by atoms with van der Waals surface area (Å²) in [6.45, 7) is 1.43. The fourth-order valence-corrected chi connectivity index (χ4v) is 3.48. The molecule has 29 heavy (non-hydrogen) atoms. The summed E-state index contributed by atoms with van der Waals surface area (Å²) < 4.78 is 41.1. The van der Waals surface area contributed by atoms with Gasteiger partial charge in [0.25, 0.3) is 0 Å². The van der Waals surface area contributed by atoms with Crippen molar-refractivity contribution < 1.29 is 23.4 Å². The normalized spacial score (nSPS) is 19.0. The zero-order valence-corrected chi connectivity index (χ0v) is 15.7. The van der Waals surface area contributed by atoms with Gasteiger partial charge < -0.3 is 15.2 Å². The van der Waals surface area contributed by atoms with Gasteiger partial charge in [0, 0.05) is 30.7 Å². The topological polar surface area (TPSA) is 87.0 Å². The first-order valence-corrected chi connectivity index (χ1v) is 9.24. The van der Waals surface area contributed by atoms with Crippen molar-refractivity contribution in [1.29, 1.82) is 0 Å². The van der Waals surface area contributed by atoms with Crippen LogP contribution in [0, 0.1) is 5.41 Å². The highest BCUT2D eigenvalue weighted by Gasteiger charge is 2.63. The third-order valence-electron chi connectivity index (χ3n) is 5.64. The molecule has 4 rings (SSSR count). The Morgan fingerprint density at radius 1 is 1.24 bits per heavy atom. The smallest absolute Gasteiger partial charge is 0.382 e. The SMILES string of the molecule is C[C@@](O)(c1ccc(-n2cccn2)cc1)[C@@H](O)c1ncc(CC2(C(F)(F)F)CC2)[nH]1. The molecule has 0 spiro atoms. The minimum atomic E-state index is -4.27. The van der Waals surface area contributed by atoms with E-state index in [1.54, 1.807) is 47.4 Å². The van der Waals surface area contributed by atoms with E-state index in [9.17, 15) is 23.4 Å². The van der Waals surface area contributed by atoms with Gasteiger partial charge in [-0.15, -0.1) is 0 Å². The van der Waals surface area contributed by atoms with Gasteiger partial charge in [-0.1, -0.05) is 12.1 Å². The molecule has 9 heteroatoms. The molecule has 1 saturated carbocycles. The second-order valence-corrected chi connectivity index (χ2v) is 7.80. The van der Waals surface area contributed by atoms with E-state index in [0.29, 0.717) is 11.3 Å². The van der Waals surface area contributed by atoms with E-state index in [4.69, 9.17) is 0 Å². The molecular weight excluding hydrogens is 385 g/mol. The summed E-state index contributed by atoms with van der Waals surface area (Å²) in [5.41, 5.74) is -1.89. The number of aliphatic hydroxyl groups excluding tert-OH is 1. The number of halogens is 3. The molecule has 0 aliphatic heterocycles. The lowest BCUT2D eigenvalue weighted by Gasteiger charge is -2.28. The van der Waals surface area contributed by atoms with Crippen LogP contribution in [0.25, 0.3) is 5.69 Å². The summed E-state index contributed by atoms with van der Waals surface area (Å²) in [4.78, 5) is 6.77. The molecular formula is C20H21F3N4O2. The monoisotopic (exact) mass is 406 g/mol. The van der Waals surface area contributed by atoms with Crippen molar-refractivity contribution in [3.05, 3.63) is 66.0 Å². The Kier molecular flexibility index (Phi) is 4.54. The second-order valence-electron chi connectivity index (χ2n) is 7.80. The fraction of sp³-hybridized carbons (Fsp3) is 0.400. The van der Waals surface area contributed by atoms with Crippen LogP contribution in [0.5, 0.6) is 0 Å². The van der Waals surface area contributed by atoms with Crippen LogP contribution in [0.2, 0.25) is 0 Å². The van der Waals surface area contributed by atoms with Gasteiger partial charge in [-0.05, 0) is 43.5 Å². The Morgan fingerprint density at radius 3 is 2.48 bits per heavy atom. The van der Waals surface area contributed by atoms with Gasteiger partial charge in [0.2, 0.25) is 0 Å². The molecule has 1 aliphatic carbocycles. The van der Waals surface area contributed by atoms with Crippen molar-refractivity contribution in [2.24, 2.45) is 5.41 Å². The van der Waals surface area contributed by atoms with Crippen molar-refractivity contribution in [2.45, 2.75) is 44.1 Å². The maximum atomic E-state index is 13.2. The number of imidazole rings is 1. The standard InChI is InChI=1S/C20H21F3N4O2/c1-18(29,13-3-5-15(6-4-13)27-10-2-9-25-27)16(28)17-24-12-14(26-17)11-19(7-8-19)20(21,22)23/h2-6,9-10,12,16,28-29H,7-8,11H2,1H3,(H,24,26)/t16-,18+/m0/s1. The molecule has 1 fully saturated rings. The number of benzene rings is 1. The number of rotatable bonds is 6. The molecule has 0 bridgehead atoms. The molecule has 2 aromatic heterocycles. The molecule has 154 valence electrons. The summed E-state index contributed by atoms with van der Waals surface area (Å²) in [5, 5.41) is 25.7. The average molecular weight is 406 g/mol. The molecule has 0 amide bonds. The summed E-state index contributed by atoms with van der Waals surface area (Å²) in [7, 11) is 0. The summed E-state index contributed by atoms with van der Waals surface area (Å²) in [5.74, 6) is 0.0270. The number of nitrogens with one attached hydrogen (secondary N) is 1. The van der Waals surface area contributed by atoms with Gasteiger partial charge in [0.15, 0.2) is 0 Å². The van der Waals surface area contributed by atoms with Gasteiger partial charge in [-0.2, -0.15) is 18.3 Å². The lowest BCUT2D eigenvalue weighted by atomic mass is 9.89. The number of alkyl halides is 3. The predicted molar refractivity (Wildman–Crippen MR) is 98.1 cm³/mol. The quantitative estimate of drug-likeness (QED) is 0.586. The van der Waals surface area contributed by atoms with Gasteiger partial charge in [-0.3, -0.25) is 0 Å². The van der Waals surface area contributed by atoms with E-state index in [-0.39, 0.29) is 25.1 Å². The highest BCUT2D eigenvalue weighted by molar-refractivity contribution is 5.36. The van der Waals surface area contributed by atoms with Crippen LogP contribution >= 0.6 is 0 Å². The van der Waals surface area contributed by atoms with Gasteiger partial charge in [0.1, 0.15) is 17.5 Å². The highest BCUT2D eigenvalue weighted by atomic mass is 19.4. The molecule has 0 radical (unpaired) electrons. The van der Waals surface area contributed by atoms with Crippen LogP contribution in [-0.4, -0.2) is 36.1 Å². The average Bonchev–Trinajstić information content (AvgIpc) is 3.09. The van der Waals surface area contributed by atoms with Gasteiger partial charge in [-0.25, -0.2) is 9.67 Å². The number of hydrogen-bond acceptors (Lipinski definition) is 4. The number of H-pyrrole nitrogens is 1. The van der Waals surface area contributed by atoms with Crippen molar-refractivity contribution in [2.75, 3.05) is 0 Å². The first-order chi connectivity index (χ1) is 13.6. The van der Waals surface area contributed by atoms with Crippen molar-refractivity contribution in [3.63, 3.8) is 0 Å². The van der Waals surface area contributed by atoms with E-state index >= 15 is 0 Å². The van der Waals surface area contributed by atoms with E-state index in [1.807, 2.05) is 0 Å². The minimum Gasteiger partial charge on any atom is -0.382 e. The summed E-state index contributed by atoms with van der Waals surface area (Å²) in [6.07, 6.45) is -1.02. The minimum absolute atomic E-state index is 0.0270. The first-order valence-electron chi connectivity index (χ1n) is 9.24. The molecule has 0 saturated heterocycles. The first kappa shape index (κ1) is 19.7. The molecule has 3 aromatic rings. The van der Waals surface area contributed by atoms with Crippen molar-refractivity contribution in [1.82, 2.24) is 19.7 Å². The Bertz CT molecular complexity index is 974. The molecule has 1 aromatic carbocycles. The fourth-order valence-electron chi connectivity index (χ4n) is 3.48. The van der Waals surface area contributed by atoms with Crippen LogP contribution in [0.15, 0.2) is 48.9 Å². The van der Waals surface area contributed by atoms with Crippen LogP contribution in [0.1, 0.15) is 43.0 Å². The second kappa shape index (κ2) is 6.70. The van der Waals surface area contributed by atoms with E-state index in [2.05, 4.69) is 15.1 Å². The zero-order chi connectivity index (χ0) is 20.9. The maximum Gasteiger partial charge on any atom is 0.394 e. The van der Waals surface area contributed by atoms with Crippen LogP contribution in [0.4, 0.5) is 13.2 Å². The van der Waals surface area contributed by atoms with Crippen LogP contribution < -0.4 is 0 Å². The Labute approximate surface area is 165 Å². The maximum absolute atomic E-state index is 13.2. The number of aliphatic hydroxyl groups is 2. The summed E-state index contributed by atoms with van der Waals surface area (Å²) >= 11 is 0. The zero-order valence-electron chi connectivity index (χ0n) is 15.7. The third kappa shape index (κ3) is 3.56. The Morgan fingerprint density at radius 2 is 1.93 bits per heavy atom. The predicted octanol–water partition coefficient (Wildman–Crippen LogP) is 3.42. The third-order valence-corrected chi connectivity index (χ3v) is 5.64. The number of aromatic amines is 1. The van der Waals surface area contributed by atoms with Gasteiger partial charge in [0.05, 0.1) is 11.1 Å². The number of aromatic nitrogens is 4.